The molecule has 1 saturated heterocycles. The first kappa shape index (κ1) is 14.5. The van der Waals surface area contributed by atoms with E-state index in [2.05, 4.69) is 12.2 Å². The molecule has 0 unspecified atom stereocenters. The van der Waals surface area contributed by atoms with Crippen LogP contribution in [0.3, 0.4) is 0 Å². The fraction of sp³-hybridized carbons (Fsp3) is 0.750. The molecule has 2 aliphatic heterocycles. The zero-order chi connectivity index (χ0) is 14.0. The van der Waals surface area contributed by atoms with Gasteiger partial charge in [0.05, 0.1) is 12.4 Å². The number of sulfone groups is 1. The van der Waals surface area contributed by atoms with Gasteiger partial charge in [-0.1, -0.05) is 19.8 Å². The van der Waals surface area contributed by atoms with Crippen molar-refractivity contribution in [2.45, 2.75) is 37.6 Å². The van der Waals surface area contributed by atoms with Gasteiger partial charge in [-0.25, -0.2) is 8.42 Å². The van der Waals surface area contributed by atoms with Gasteiger partial charge in [-0.3, -0.25) is 9.69 Å². The monoisotopic (exact) mass is 288 g/mol. The number of β-lactam (4-membered cyclic amide) rings is 1. The highest BCUT2D eigenvalue weighted by atomic mass is 32.2. The average Bonchev–Trinajstić information content (AvgIpc) is 2.37. The maximum atomic E-state index is 12.1. The first-order valence-corrected chi connectivity index (χ1v) is 8.30. The van der Waals surface area contributed by atoms with E-state index in [0.717, 1.165) is 19.3 Å². The van der Waals surface area contributed by atoms with E-state index in [1.807, 2.05) is 0 Å². The standard InChI is InChI=1S/C12H20N2O4S/c1-2-3-4-5-13-10-11(16)14-6-9(7-15)8-19(17,18)12(10)14/h6,10,12-13,15H,2-5,7-8H2,1H3/t10-,12-/m0/s1. The Morgan fingerprint density at radius 3 is 2.84 bits per heavy atom. The van der Waals surface area contributed by atoms with Crippen molar-refractivity contribution >= 4 is 15.7 Å². The van der Waals surface area contributed by atoms with Gasteiger partial charge in [0.25, 0.3) is 0 Å². The number of nitrogens with one attached hydrogen (secondary N) is 1. The number of aliphatic hydroxyl groups excluding tert-OH is 1. The predicted molar refractivity (Wildman–Crippen MR) is 70.9 cm³/mol. The zero-order valence-corrected chi connectivity index (χ0v) is 11.8. The van der Waals surface area contributed by atoms with E-state index >= 15 is 0 Å². The number of hydrogen-bond donors (Lipinski definition) is 2. The van der Waals surface area contributed by atoms with Crippen molar-refractivity contribution in [3.63, 3.8) is 0 Å². The molecule has 0 spiro atoms. The number of hydrogen-bond acceptors (Lipinski definition) is 5. The van der Waals surface area contributed by atoms with E-state index in [0.29, 0.717) is 12.1 Å². The summed E-state index contributed by atoms with van der Waals surface area (Å²) < 4.78 is 24.1. The first-order valence-electron chi connectivity index (χ1n) is 6.59. The van der Waals surface area contributed by atoms with Crippen LogP contribution in [-0.4, -0.2) is 54.7 Å². The SMILES string of the molecule is CCCCCN[C@H]1C(=O)N2C=C(CO)CS(=O)(=O)[C@@H]12. The molecule has 19 heavy (non-hydrogen) atoms. The van der Waals surface area contributed by atoms with Crippen LogP contribution in [0.2, 0.25) is 0 Å². The molecule has 2 aliphatic rings. The minimum absolute atomic E-state index is 0.162. The summed E-state index contributed by atoms with van der Waals surface area (Å²) in [5, 5.41) is 11.3. The molecule has 2 N–H and O–H groups in total. The lowest BCUT2D eigenvalue weighted by Crippen LogP contribution is -2.72. The van der Waals surface area contributed by atoms with Gasteiger partial charge in [0.2, 0.25) is 5.91 Å². The zero-order valence-electron chi connectivity index (χ0n) is 11.0. The van der Waals surface area contributed by atoms with Crippen LogP contribution in [0.25, 0.3) is 0 Å². The highest BCUT2D eigenvalue weighted by Crippen LogP contribution is 2.31. The largest absolute Gasteiger partial charge is 0.392 e. The van der Waals surface area contributed by atoms with Crippen LogP contribution >= 0.6 is 0 Å². The Labute approximate surface area is 113 Å². The molecule has 0 aromatic carbocycles. The summed E-state index contributed by atoms with van der Waals surface area (Å²) in [5.74, 6) is -0.388. The van der Waals surface area contributed by atoms with Gasteiger partial charge >= 0.3 is 0 Å². The van der Waals surface area contributed by atoms with Gasteiger partial charge in [0, 0.05) is 6.20 Å². The summed E-state index contributed by atoms with van der Waals surface area (Å²) in [6.45, 7) is 2.41. The fourth-order valence-electron chi connectivity index (χ4n) is 2.49. The molecule has 7 heteroatoms. The molecule has 1 amide bonds. The quantitative estimate of drug-likeness (QED) is 0.513. The Morgan fingerprint density at radius 2 is 2.21 bits per heavy atom. The van der Waals surface area contributed by atoms with Gasteiger partial charge in [-0.2, -0.15) is 0 Å². The van der Waals surface area contributed by atoms with Crippen molar-refractivity contribution in [2.75, 3.05) is 18.9 Å². The normalized spacial score (nSPS) is 28.6. The van der Waals surface area contributed by atoms with E-state index in [1.54, 1.807) is 0 Å². The lowest BCUT2D eigenvalue weighted by Gasteiger charge is -2.47. The molecule has 0 aromatic heterocycles. The second-order valence-electron chi connectivity index (χ2n) is 5.03. The summed E-state index contributed by atoms with van der Waals surface area (Å²) in [6, 6.07) is -0.627. The van der Waals surface area contributed by atoms with Crippen molar-refractivity contribution in [1.29, 1.82) is 0 Å². The van der Waals surface area contributed by atoms with E-state index in [4.69, 9.17) is 5.11 Å². The number of amides is 1. The smallest absolute Gasteiger partial charge is 0.248 e. The molecule has 2 heterocycles. The van der Waals surface area contributed by atoms with Gasteiger partial charge in [0.1, 0.15) is 6.04 Å². The molecule has 108 valence electrons. The van der Waals surface area contributed by atoms with Gasteiger partial charge in [-0.05, 0) is 18.5 Å². The van der Waals surface area contributed by atoms with Crippen LogP contribution in [0.5, 0.6) is 0 Å². The summed E-state index contributed by atoms with van der Waals surface area (Å²) in [4.78, 5) is 13.1. The average molecular weight is 288 g/mol. The third kappa shape index (κ3) is 2.68. The lowest BCUT2D eigenvalue weighted by atomic mass is 10.1. The van der Waals surface area contributed by atoms with Gasteiger partial charge in [-0.15, -0.1) is 0 Å². The molecule has 0 bridgehead atoms. The number of unbranched alkanes of at least 4 members (excludes halogenated alkanes) is 2. The van der Waals surface area contributed by atoms with Crippen molar-refractivity contribution < 1.29 is 18.3 Å². The van der Waals surface area contributed by atoms with Crippen LogP contribution in [0.4, 0.5) is 0 Å². The Morgan fingerprint density at radius 1 is 1.47 bits per heavy atom. The number of aliphatic hydroxyl groups is 1. The Bertz CT molecular complexity index is 486. The third-order valence-corrected chi connectivity index (χ3v) is 5.51. The van der Waals surface area contributed by atoms with Crippen LogP contribution in [0, 0.1) is 0 Å². The van der Waals surface area contributed by atoms with E-state index < -0.39 is 21.3 Å². The van der Waals surface area contributed by atoms with Crippen molar-refractivity contribution in [3.05, 3.63) is 11.8 Å². The van der Waals surface area contributed by atoms with Crippen LogP contribution < -0.4 is 5.32 Å². The highest BCUT2D eigenvalue weighted by molar-refractivity contribution is 7.92. The molecule has 0 aliphatic carbocycles. The van der Waals surface area contributed by atoms with Crippen LogP contribution in [-0.2, 0) is 14.6 Å². The molecule has 0 aromatic rings. The van der Waals surface area contributed by atoms with Crippen LogP contribution in [0.15, 0.2) is 11.8 Å². The molecule has 6 nitrogen and oxygen atoms in total. The Kier molecular flexibility index (Phi) is 4.27. The number of rotatable bonds is 6. The van der Waals surface area contributed by atoms with Crippen molar-refractivity contribution in [3.8, 4) is 0 Å². The maximum absolute atomic E-state index is 12.1. The Hall–Kier alpha value is -0.920. The highest BCUT2D eigenvalue weighted by Gasteiger charge is 2.55. The number of carbonyl (C=O) groups excluding carboxylic acids is 1. The van der Waals surface area contributed by atoms with Gasteiger partial charge in [0.15, 0.2) is 15.2 Å². The third-order valence-electron chi connectivity index (χ3n) is 3.50. The van der Waals surface area contributed by atoms with E-state index in [9.17, 15) is 13.2 Å². The van der Waals surface area contributed by atoms with Gasteiger partial charge < -0.3 is 10.4 Å². The van der Waals surface area contributed by atoms with Crippen LogP contribution in [0.1, 0.15) is 26.2 Å². The van der Waals surface area contributed by atoms with Crippen molar-refractivity contribution in [1.82, 2.24) is 10.2 Å². The Balaban J connectivity index is 2.03. The fourth-order valence-corrected chi connectivity index (χ4v) is 4.48. The summed E-state index contributed by atoms with van der Waals surface area (Å²) in [5.41, 5.74) is 0.369. The second kappa shape index (κ2) is 5.60. The van der Waals surface area contributed by atoms with E-state index in [-0.39, 0.29) is 18.3 Å². The second-order valence-corrected chi connectivity index (χ2v) is 7.13. The molecule has 1 fully saturated rings. The molecular weight excluding hydrogens is 268 g/mol. The minimum atomic E-state index is -3.40. The molecular formula is C12H20N2O4S. The van der Waals surface area contributed by atoms with Crippen molar-refractivity contribution in [2.24, 2.45) is 0 Å². The topological polar surface area (TPSA) is 86.7 Å². The first-order chi connectivity index (χ1) is 9.01. The van der Waals surface area contributed by atoms with E-state index in [1.165, 1.54) is 11.1 Å². The molecule has 2 rings (SSSR count). The number of nitrogens with zero attached hydrogens (tertiary/aromatic N) is 1. The minimum Gasteiger partial charge on any atom is -0.392 e. The number of fused-ring (bicyclic) bond motifs is 1. The summed E-state index contributed by atoms with van der Waals surface area (Å²) >= 11 is 0. The molecule has 0 saturated carbocycles. The molecule has 0 radical (unpaired) electrons. The number of carbonyl (C=O) groups is 1. The lowest BCUT2D eigenvalue weighted by molar-refractivity contribution is -0.142. The maximum Gasteiger partial charge on any atom is 0.248 e. The summed E-state index contributed by atoms with van der Waals surface area (Å²) in [7, 11) is -3.40. The predicted octanol–water partition coefficient (Wildman–Crippen LogP) is -0.392. The summed E-state index contributed by atoms with van der Waals surface area (Å²) in [6.07, 6.45) is 4.55. The molecule has 2 atom stereocenters.